The molecule has 0 aliphatic carbocycles. The number of carbonyl (C=O) groups is 1. The second-order valence-electron chi connectivity index (χ2n) is 6.30. The quantitative estimate of drug-likeness (QED) is 0.544. The van der Waals surface area contributed by atoms with Gasteiger partial charge in [0.1, 0.15) is 18.1 Å². The highest BCUT2D eigenvalue weighted by Crippen LogP contribution is 2.19. The second kappa shape index (κ2) is 10.1. The fraction of sp³-hybridized carbons (Fsp3) is 0.227. The molecule has 0 saturated heterocycles. The molecule has 3 rings (SSSR count). The van der Waals surface area contributed by atoms with Crippen molar-refractivity contribution in [1.29, 1.82) is 0 Å². The van der Waals surface area contributed by atoms with Gasteiger partial charge in [-0.05, 0) is 42.3 Å². The number of hydrogen-bond acceptors (Lipinski definition) is 5. The first-order chi connectivity index (χ1) is 13.7. The van der Waals surface area contributed by atoms with Crippen LogP contribution < -0.4 is 15.4 Å². The van der Waals surface area contributed by atoms with Crippen LogP contribution in [0.2, 0.25) is 0 Å². The van der Waals surface area contributed by atoms with Gasteiger partial charge in [-0.2, -0.15) is 0 Å². The number of aromatic nitrogens is 2. The molecule has 0 unspecified atom stereocenters. The van der Waals surface area contributed by atoms with Crippen molar-refractivity contribution < 1.29 is 9.53 Å². The van der Waals surface area contributed by atoms with Gasteiger partial charge < -0.3 is 15.4 Å². The highest BCUT2D eigenvalue weighted by Gasteiger charge is 2.08. The van der Waals surface area contributed by atoms with Crippen molar-refractivity contribution in [2.24, 2.45) is 0 Å². The molecule has 0 spiro atoms. The number of anilines is 2. The van der Waals surface area contributed by atoms with Gasteiger partial charge in [0.25, 0.3) is 5.91 Å². The van der Waals surface area contributed by atoms with E-state index in [1.54, 1.807) is 12.3 Å². The predicted molar refractivity (Wildman–Crippen MR) is 110 cm³/mol. The van der Waals surface area contributed by atoms with Gasteiger partial charge in [0, 0.05) is 18.4 Å². The van der Waals surface area contributed by atoms with Crippen LogP contribution in [0, 0.1) is 0 Å². The first-order valence-electron chi connectivity index (χ1n) is 9.39. The molecule has 6 nitrogen and oxygen atoms in total. The van der Waals surface area contributed by atoms with Crippen LogP contribution in [0.15, 0.2) is 66.9 Å². The second-order valence-corrected chi connectivity index (χ2v) is 6.30. The fourth-order valence-corrected chi connectivity index (χ4v) is 2.52. The summed E-state index contributed by atoms with van der Waals surface area (Å²) < 4.78 is 5.78. The third-order valence-electron chi connectivity index (χ3n) is 4.06. The highest BCUT2D eigenvalue weighted by atomic mass is 16.5. The van der Waals surface area contributed by atoms with Gasteiger partial charge >= 0.3 is 0 Å². The molecule has 2 N–H and O–H groups in total. The predicted octanol–water partition coefficient (Wildman–Crippen LogP) is 4.33. The highest BCUT2D eigenvalue weighted by molar-refractivity contribution is 5.92. The van der Waals surface area contributed by atoms with E-state index < -0.39 is 0 Å². The Morgan fingerprint density at radius 1 is 1.04 bits per heavy atom. The van der Waals surface area contributed by atoms with Crippen molar-refractivity contribution in [2.75, 3.05) is 11.9 Å². The number of benzene rings is 2. The van der Waals surface area contributed by atoms with Crippen molar-refractivity contribution in [2.45, 2.75) is 26.4 Å². The summed E-state index contributed by atoms with van der Waals surface area (Å²) in [5.41, 5.74) is 2.28. The zero-order valence-corrected chi connectivity index (χ0v) is 15.9. The normalized spacial score (nSPS) is 10.3. The maximum absolute atomic E-state index is 12.1. The summed E-state index contributed by atoms with van der Waals surface area (Å²) in [6, 6.07) is 19.2. The smallest absolute Gasteiger partial charge is 0.270 e. The summed E-state index contributed by atoms with van der Waals surface area (Å²) in [6.45, 7) is 3.25. The molecule has 0 fully saturated rings. The Morgan fingerprint density at radius 3 is 2.57 bits per heavy atom. The summed E-state index contributed by atoms with van der Waals surface area (Å²) in [4.78, 5) is 20.6. The lowest BCUT2D eigenvalue weighted by Gasteiger charge is -2.09. The molecule has 0 aliphatic heterocycles. The number of carbonyl (C=O) groups excluding carboxylic acids is 1. The molecule has 0 atom stereocenters. The average molecular weight is 376 g/mol. The molecule has 1 amide bonds. The van der Waals surface area contributed by atoms with Crippen molar-refractivity contribution in [1.82, 2.24) is 15.3 Å². The molecule has 1 aromatic heterocycles. The summed E-state index contributed by atoms with van der Waals surface area (Å²) in [5.74, 6) is 0.962. The van der Waals surface area contributed by atoms with Gasteiger partial charge in [-0.3, -0.25) is 4.79 Å². The van der Waals surface area contributed by atoms with Crippen LogP contribution in [-0.4, -0.2) is 22.4 Å². The van der Waals surface area contributed by atoms with Gasteiger partial charge in [0.05, 0.1) is 0 Å². The minimum absolute atomic E-state index is 0.191. The van der Waals surface area contributed by atoms with Crippen LogP contribution in [0.25, 0.3) is 0 Å². The van der Waals surface area contributed by atoms with Gasteiger partial charge in [-0.15, -0.1) is 0 Å². The summed E-state index contributed by atoms with van der Waals surface area (Å²) in [7, 11) is 0. The number of amides is 1. The third-order valence-corrected chi connectivity index (χ3v) is 4.06. The molecule has 0 radical (unpaired) electrons. The number of hydrogen-bond donors (Lipinski definition) is 2. The van der Waals surface area contributed by atoms with Crippen molar-refractivity contribution >= 4 is 17.5 Å². The molecule has 0 saturated carbocycles. The van der Waals surface area contributed by atoms with E-state index in [1.165, 1.54) is 0 Å². The molecule has 0 bridgehead atoms. The Morgan fingerprint density at radius 2 is 1.82 bits per heavy atom. The van der Waals surface area contributed by atoms with Crippen molar-refractivity contribution in [3.8, 4) is 5.75 Å². The van der Waals surface area contributed by atoms with Crippen LogP contribution in [0.1, 0.15) is 35.8 Å². The first-order valence-corrected chi connectivity index (χ1v) is 9.39. The minimum Gasteiger partial charge on any atom is -0.489 e. The van der Waals surface area contributed by atoms with Gasteiger partial charge in [-0.25, -0.2) is 9.97 Å². The van der Waals surface area contributed by atoms with E-state index >= 15 is 0 Å². The summed E-state index contributed by atoms with van der Waals surface area (Å²) in [6.07, 6.45) is 3.55. The maximum Gasteiger partial charge on any atom is 0.270 e. The zero-order chi connectivity index (χ0) is 19.6. The van der Waals surface area contributed by atoms with Crippen LogP contribution in [0.5, 0.6) is 5.75 Å². The monoisotopic (exact) mass is 376 g/mol. The third kappa shape index (κ3) is 5.81. The SMILES string of the molecule is CCCCNC(=O)c1ccnc(Nc2ccc(OCc3ccccc3)cc2)n1. The number of nitrogens with zero attached hydrogens (tertiary/aromatic N) is 2. The molecule has 6 heteroatoms. The average Bonchev–Trinajstić information content (AvgIpc) is 2.74. The molecule has 144 valence electrons. The van der Waals surface area contributed by atoms with Crippen molar-refractivity contribution in [3.05, 3.63) is 78.1 Å². The van der Waals surface area contributed by atoms with E-state index in [-0.39, 0.29) is 5.91 Å². The molecule has 3 aromatic rings. The molecule has 0 aliphatic rings. The Balaban J connectivity index is 1.56. The first kappa shape index (κ1) is 19.4. The number of ether oxygens (including phenoxy) is 1. The Kier molecular flexibility index (Phi) is 6.95. The summed E-state index contributed by atoms with van der Waals surface area (Å²) >= 11 is 0. The zero-order valence-electron chi connectivity index (χ0n) is 15.9. The van der Waals surface area contributed by atoms with E-state index in [2.05, 4.69) is 27.5 Å². The lowest BCUT2D eigenvalue weighted by atomic mass is 10.2. The molecular weight excluding hydrogens is 352 g/mol. The summed E-state index contributed by atoms with van der Waals surface area (Å²) in [5, 5.41) is 5.96. The minimum atomic E-state index is -0.191. The van der Waals surface area contributed by atoms with Gasteiger partial charge in [0.15, 0.2) is 0 Å². The van der Waals surface area contributed by atoms with Crippen LogP contribution in [0.4, 0.5) is 11.6 Å². The molecule has 1 heterocycles. The lowest BCUT2D eigenvalue weighted by molar-refractivity contribution is 0.0948. The fourth-order valence-electron chi connectivity index (χ4n) is 2.52. The lowest BCUT2D eigenvalue weighted by Crippen LogP contribution is -2.25. The molecule has 28 heavy (non-hydrogen) atoms. The topological polar surface area (TPSA) is 76.1 Å². The van der Waals surface area contributed by atoms with Crippen LogP contribution >= 0.6 is 0 Å². The number of nitrogens with one attached hydrogen (secondary N) is 2. The van der Waals surface area contributed by atoms with Crippen LogP contribution in [0.3, 0.4) is 0 Å². The molecular formula is C22H24N4O2. The van der Waals surface area contributed by atoms with E-state index in [0.717, 1.165) is 29.8 Å². The van der Waals surface area contributed by atoms with Gasteiger partial charge in [-0.1, -0.05) is 43.7 Å². The van der Waals surface area contributed by atoms with E-state index in [1.807, 2.05) is 54.6 Å². The Labute approximate surface area is 165 Å². The maximum atomic E-state index is 12.1. The van der Waals surface area contributed by atoms with Gasteiger partial charge in [0.2, 0.25) is 5.95 Å². The standard InChI is InChI=1S/C22H24N4O2/c1-2-3-14-23-21(27)20-13-15-24-22(26-20)25-18-9-11-19(12-10-18)28-16-17-7-5-4-6-8-17/h4-13,15H,2-3,14,16H2,1H3,(H,23,27)(H,24,25,26). The van der Waals surface area contributed by atoms with Crippen molar-refractivity contribution in [3.63, 3.8) is 0 Å². The number of unbranched alkanes of at least 4 members (excludes halogenated alkanes) is 1. The van der Waals surface area contributed by atoms with Crippen LogP contribution in [-0.2, 0) is 6.61 Å². The Hall–Kier alpha value is -3.41. The van der Waals surface area contributed by atoms with E-state index in [0.29, 0.717) is 24.8 Å². The largest absolute Gasteiger partial charge is 0.489 e. The van der Waals surface area contributed by atoms with E-state index in [4.69, 9.17) is 4.74 Å². The Bertz CT molecular complexity index is 883. The molecule has 2 aromatic carbocycles. The van der Waals surface area contributed by atoms with E-state index in [9.17, 15) is 4.79 Å². The number of rotatable bonds is 9.